The molecular weight excluding hydrogens is 750 g/mol. The topological polar surface area (TPSA) is 225 Å². The van der Waals surface area contributed by atoms with Crippen molar-refractivity contribution in [2.75, 3.05) is 13.2 Å². The minimum absolute atomic E-state index is 0.0532. The van der Waals surface area contributed by atoms with E-state index in [1.165, 1.54) is 6.92 Å². The van der Waals surface area contributed by atoms with Gasteiger partial charge in [-0.1, -0.05) is 41.5 Å². The summed E-state index contributed by atoms with van der Waals surface area (Å²) in [5.41, 5.74) is -0.0419. The number of Topliss-reactive ketones (excluding diaryl/α,β-unsaturated/α-hetero) is 1. The molecule has 14 heteroatoms. The summed E-state index contributed by atoms with van der Waals surface area (Å²) in [6.07, 6.45) is -5.42. The highest BCUT2D eigenvalue weighted by Crippen LogP contribution is 2.68. The second-order valence-electron chi connectivity index (χ2n) is 20.4. The van der Waals surface area contributed by atoms with Crippen LogP contribution in [0.4, 0.5) is 0 Å². The third-order valence-corrected chi connectivity index (χ3v) is 16.1. The van der Waals surface area contributed by atoms with E-state index in [0.717, 1.165) is 51.4 Å². The normalized spacial score (nSPS) is 47.7. The third-order valence-electron chi connectivity index (χ3n) is 16.1. The molecule has 6 fully saturated rings. The van der Waals surface area contributed by atoms with Crippen LogP contribution in [0.2, 0.25) is 0 Å². The van der Waals surface area contributed by atoms with Crippen molar-refractivity contribution >= 4 is 11.7 Å². The maximum absolute atomic E-state index is 13.7. The van der Waals surface area contributed by atoms with Gasteiger partial charge in [0.1, 0.15) is 48.5 Å². The maximum Gasteiger partial charge on any atom is 0.220 e. The first-order valence-corrected chi connectivity index (χ1v) is 22.4. The fourth-order valence-electron chi connectivity index (χ4n) is 12.8. The van der Waals surface area contributed by atoms with Crippen molar-refractivity contribution in [3.05, 3.63) is 0 Å². The molecule has 4 aliphatic carbocycles. The molecule has 0 radical (unpaired) electrons. The van der Waals surface area contributed by atoms with Gasteiger partial charge in [-0.05, 0) is 117 Å². The average molecular weight is 826 g/mol. The van der Waals surface area contributed by atoms with Gasteiger partial charge in [0, 0.05) is 25.3 Å². The molecule has 21 atom stereocenters. The number of rotatable bonds is 14. The second-order valence-corrected chi connectivity index (χ2v) is 20.4. The van der Waals surface area contributed by atoms with Crippen LogP contribution in [-0.2, 0) is 28.5 Å². The summed E-state index contributed by atoms with van der Waals surface area (Å²) in [6.45, 7) is 14.4. The van der Waals surface area contributed by atoms with E-state index in [-0.39, 0.29) is 46.4 Å². The van der Waals surface area contributed by atoms with Crippen LogP contribution in [0.25, 0.3) is 0 Å². The van der Waals surface area contributed by atoms with Gasteiger partial charge in [0.05, 0.1) is 24.9 Å². The largest absolute Gasteiger partial charge is 0.394 e. The lowest BCUT2D eigenvalue weighted by molar-refractivity contribution is -0.361. The number of amides is 1. The zero-order valence-electron chi connectivity index (χ0n) is 35.8. The minimum Gasteiger partial charge on any atom is -0.394 e. The van der Waals surface area contributed by atoms with Crippen molar-refractivity contribution in [2.24, 2.45) is 58.2 Å². The van der Waals surface area contributed by atoms with E-state index < -0.39 is 74.1 Å². The Kier molecular flexibility index (Phi) is 14.8. The zero-order valence-corrected chi connectivity index (χ0v) is 35.8. The van der Waals surface area contributed by atoms with Crippen molar-refractivity contribution in [3.63, 3.8) is 0 Å². The summed E-state index contributed by atoms with van der Waals surface area (Å²) in [5, 5.41) is 77.9. The van der Waals surface area contributed by atoms with Crippen LogP contribution in [0, 0.1) is 58.2 Å². The van der Waals surface area contributed by atoms with E-state index >= 15 is 0 Å². The first-order valence-electron chi connectivity index (χ1n) is 22.4. The molecule has 4 unspecified atom stereocenters. The molecule has 0 aromatic heterocycles. The fraction of sp³-hybridized carbons (Fsp3) is 0.955. The van der Waals surface area contributed by atoms with Gasteiger partial charge in [0.25, 0.3) is 0 Å². The van der Waals surface area contributed by atoms with E-state index in [2.05, 4.69) is 26.1 Å². The Morgan fingerprint density at radius 3 is 2.16 bits per heavy atom. The molecular formula is C44H75NO13. The highest BCUT2D eigenvalue weighted by Gasteiger charge is 2.63. The van der Waals surface area contributed by atoms with Gasteiger partial charge in [0.2, 0.25) is 5.91 Å². The Hall–Kier alpha value is -1.30. The number of fused-ring (bicyclic) bond motifs is 5. The lowest BCUT2D eigenvalue weighted by atomic mass is 9.44. The summed E-state index contributed by atoms with van der Waals surface area (Å²) in [4.78, 5) is 25.8. The Bertz CT molecular complexity index is 1400. The van der Waals surface area contributed by atoms with Gasteiger partial charge in [-0.15, -0.1) is 0 Å². The Labute approximate surface area is 344 Å². The van der Waals surface area contributed by atoms with E-state index in [0.29, 0.717) is 55.4 Å². The molecule has 8 N–H and O–H groups in total. The van der Waals surface area contributed by atoms with E-state index in [1.807, 2.05) is 20.8 Å². The summed E-state index contributed by atoms with van der Waals surface area (Å²) in [7, 11) is 0. The number of hydrogen-bond acceptors (Lipinski definition) is 13. The van der Waals surface area contributed by atoms with Crippen LogP contribution in [0.1, 0.15) is 119 Å². The van der Waals surface area contributed by atoms with Crippen LogP contribution in [0.3, 0.4) is 0 Å². The van der Waals surface area contributed by atoms with Crippen LogP contribution in [-0.4, -0.2) is 134 Å². The van der Waals surface area contributed by atoms with E-state index in [1.54, 1.807) is 0 Å². The number of carbonyl (C=O) groups is 2. The number of hydrogen-bond donors (Lipinski definition) is 8. The number of nitrogens with one attached hydrogen (secondary N) is 1. The van der Waals surface area contributed by atoms with Crippen molar-refractivity contribution in [1.29, 1.82) is 0 Å². The SMILES string of the molecule is CC(C)CC(=O)NCC(C)CCC(=O)C(C)C1[C@H](O)C[C@H]2[C@@H]3CCC4C[C@@H](O[C@@H]5O[C@H](CO)[C@@H](O[C@@H]6O[C@H](C)[C@H](O)[C@@H](O)[C@H]6O)[C@H](O)[C@H]5O)CC[C@]4(C)[C@H]3CC[C@]12C. The van der Waals surface area contributed by atoms with Crippen molar-refractivity contribution in [2.45, 2.75) is 193 Å². The molecule has 2 saturated heterocycles. The molecule has 58 heavy (non-hydrogen) atoms. The molecule has 2 heterocycles. The lowest BCUT2D eigenvalue weighted by Crippen LogP contribution is -2.64. The molecule has 4 saturated carbocycles. The molecule has 0 spiro atoms. The second kappa shape index (κ2) is 18.6. The van der Waals surface area contributed by atoms with Gasteiger partial charge in [-0.25, -0.2) is 0 Å². The van der Waals surface area contributed by atoms with Gasteiger partial charge in [-0.2, -0.15) is 0 Å². The van der Waals surface area contributed by atoms with Crippen molar-refractivity contribution in [3.8, 4) is 0 Å². The molecule has 1 amide bonds. The van der Waals surface area contributed by atoms with Crippen LogP contribution < -0.4 is 5.32 Å². The fourth-order valence-corrected chi connectivity index (χ4v) is 12.8. The smallest absolute Gasteiger partial charge is 0.220 e. The number of ketones is 1. The van der Waals surface area contributed by atoms with Gasteiger partial charge < -0.3 is 60.0 Å². The zero-order chi connectivity index (χ0) is 42.4. The molecule has 2 aliphatic heterocycles. The number of aliphatic hydroxyl groups excluding tert-OH is 7. The highest BCUT2D eigenvalue weighted by molar-refractivity contribution is 5.81. The van der Waals surface area contributed by atoms with Crippen molar-refractivity contribution in [1.82, 2.24) is 5.32 Å². The molecule has 0 bridgehead atoms. The van der Waals surface area contributed by atoms with E-state index in [4.69, 9.17) is 18.9 Å². The Morgan fingerprint density at radius 2 is 1.47 bits per heavy atom. The Morgan fingerprint density at radius 1 is 0.793 bits per heavy atom. The predicted molar refractivity (Wildman–Crippen MR) is 212 cm³/mol. The molecule has 6 rings (SSSR count). The van der Waals surface area contributed by atoms with Crippen LogP contribution in [0.15, 0.2) is 0 Å². The standard InChI is InChI=1S/C44H75NO13/c1-21(2)16-33(49)45-19-22(3)8-11-30(47)23(4)34-31(48)18-29-27-10-9-25-17-26(12-14-43(25,6)28(27)13-15-44(29,34)7)56-42-39(54)37(52)40(32(20-46)57-42)58-41-38(53)36(51)35(50)24(5)55-41/h21-29,31-32,34-42,46,48,50-54H,8-20H2,1-7H3,(H,45,49)/t22?,23?,24-,25?,26+,27-,28+,29+,31-,32-,34?,35+,36-,37-,38-,39-,40-,41+,42-,43+,44+/m1/s1. The van der Waals surface area contributed by atoms with Crippen molar-refractivity contribution < 1.29 is 64.3 Å². The van der Waals surface area contributed by atoms with Crippen LogP contribution in [0.5, 0.6) is 0 Å². The summed E-state index contributed by atoms with van der Waals surface area (Å²) in [5.74, 6) is 2.14. The van der Waals surface area contributed by atoms with Gasteiger partial charge in [0.15, 0.2) is 12.6 Å². The maximum atomic E-state index is 13.7. The first kappa shape index (κ1) is 46.2. The monoisotopic (exact) mass is 826 g/mol. The number of ether oxygens (including phenoxy) is 4. The summed E-state index contributed by atoms with van der Waals surface area (Å²) in [6, 6.07) is 0. The molecule has 0 aromatic carbocycles. The van der Waals surface area contributed by atoms with Crippen LogP contribution >= 0.6 is 0 Å². The minimum atomic E-state index is -1.63. The summed E-state index contributed by atoms with van der Waals surface area (Å²) < 4.78 is 23.7. The number of carbonyl (C=O) groups excluding carboxylic acids is 2. The molecule has 6 aliphatic rings. The Balaban J connectivity index is 1.03. The lowest BCUT2D eigenvalue weighted by Gasteiger charge is -2.61. The molecule has 334 valence electrons. The van der Waals surface area contributed by atoms with Gasteiger partial charge in [-0.3, -0.25) is 9.59 Å². The average Bonchev–Trinajstić information content (AvgIpc) is 3.45. The molecule has 14 nitrogen and oxygen atoms in total. The van der Waals surface area contributed by atoms with Gasteiger partial charge >= 0.3 is 0 Å². The third kappa shape index (κ3) is 9.09. The first-order chi connectivity index (χ1) is 27.3. The quantitative estimate of drug-likeness (QED) is 0.118. The number of aliphatic hydroxyl groups is 7. The predicted octanol–water partition coefficient (Wildman–Crippen LogP) is 2.44. The molecule has 0 aromatic rings. The summed E-state index contributed by atoms with van der Waals surface area (Å²) >= 11 is 0. The highest BCUT2D eigenvalue weighted by atomic mass is 16.7. The van der Waals surface area contributed by atoms with E-state index in [9.17, 15) is 45.3 Å².